The van der Waals surface area contributed by atoms with Gasteiger partial charge in [-0.2, -0.15) is 0 Å². The molecule has 0 saturated carbocycles. The first kappa shape index (κ1) is 20.9. The molecule has 2 amide bonds. The summed E-state index contributed by atoms with van der Waals surface area (Å²) in [6.07, 6.45) is 0. The van der Waals surface area contributed by atoms with Crippen molar-refractivity contribution in [3.63, 3.8) is 0 Å². The van der Waals surface area contributed by atoms with E-state index in [1.165, 1.54) is 0 Å². The molecule has 4 nitrogen and oxygen atoms in total. The number of hydrogen-bond donors (Lipinski definition) is 2. The topological polar surface area (TPSA) is 58.2 Å². The second-order valence-corrected chi connectivity index (χ2v) is 7.46. The lowest BCUT2D eigenvalue weighted by Gasteiger charge is -2.19. The molecule has 0 aliphatic heterocycles. The van der Waals surface area contributed by atoms with E-state index in [9.17, 15) is 9.59 Å². The van der Waals surface area contributed by atoms with Crippen LogP contribution in [0.4, 0.5) is 11.4 Å². The summed E-state index contributed by atoms with van der Waals surface area (Å²) in [6, 6.07) is 19.4. The molecule has 3 aromatic rings. The third-order valence-corrected chi connectivity index (χ3v) is 5.53. The van der Waals surface area contributed by atoms with E-state index in [0.29, 0.717) is 27.0 Å². The number of carbonyl (C=O) groups is 2. The summed E-state index contributed by atoms with van der Waals surface area (Å²) in [4.78, 5) is 26.2. The maximum absolute atomic E-state index is 13.1. The molecule has 0 radical (unpaired) electrons. The molecule has 0 spiro atoms. The summed E-state index contributed by atoms with van der Waals surface area (Å²) in [5.41, 5.74) is 3.19. The molecule has 2 N–H and O–H groups in total. The summed E-state index contributed by atoms with van der Waals surface area (Å²) in [5.74, 6) is -1.94. The Morgan fingerprint density at radius 2 is 1.14 bits per heavy atom. The van der Waals surface area contributed by atoms with Gasteiger partial charge in [0.05, 0.1) is 0 Å². The molecule has 29 heavy (non-hydrogen) atoms. The van der Waals surface area contributed by atoms with Crippen LogP contribution in [0.1, 0.15) is 22.6 Å². The molecule has 0 saturated heterocycles. The van der Waals surface area contributed by atoms with Crippen LogP contribution in [0.15, 0.2) is 66.7 Å². The summed E-state index contributed by atoms with van der Waals surface area (Å²) < 4.78 is 0. The van der Waals surface area contributed by atoms with E-state index in [1.807, 2.05) is 19.9 Å². The summed E-state index contributed by atoms with van der Waals surface area (Å²) in [5, 5.41) is 6.74. The fourth-order valence-electron chi connectivity index (χ4n) is 2.96. The van der Waals surface area contributed by atoms with Gasteiger partial charge in [0.1, 0.15) is 5.92 Å². The van der Waals surface area contributed by atoms with Gasteiger partial charge in [-0.25, -0.2) is 0 Å². The van der Waals surface area contributed by atoms with Crippen LogP contribution in [0.5, 0.6) is 0 Å². The predicted molar refractivity (Wildman–Crippen MR) is 119 cm³/mol. The summed E-state index contributed by atoms with van der Waals surface area (Å²) in [7, 11) is 0. The first-order valence-corrected chi connectivity index (χ1v) is 9.81. The minimum Gasteiger partial charge on any atom is -0.325 e. The molecule has 3 aromatic carbocycles. The van der Waals surface area contributed by atoms with E-state index in [1.54, 1.807) is 60.7 Å². The molecular weight excluding hydrogens is 407 g/mol. The highest BCUT2D eigenvalue weighted by atomic mass is 35.5. The van der Waals surface area contributed by atoms with Gasteiger partial charge in [-0.1, -0.05) is 65.7 Å². The normalized spacial score (nSPS) is 10.7. The van der Waals surface area contributed by atoms with Gasteiger partial charge >= 0.3 is 0 Å². The zero-order chi connectivity index (χ0) is 21.0. The van der Waals surface area contributed by atoms with Crippen molar-refractivity contribution in [2.75, 3.05) is 10.6 Å². The van der Waals surface area contributed by atoms with Crippen molar-refractivity contribution < 1.29 is 9.59 Å². The molecule has 6 heteroatoms. The fourth-order valence-corrected chi connectivity index (χ4v) is 3.31. The van der Waals surface area contributed by atoms with Crippen molar-refractivity contribution in [3.8, 4) is 0 Å². The molecular formula is C23H20Cl2N2O2. The van der Waals surface area contributed by atoms with E-state index >= 15 is 0 Å². The van der Waals surface area contributed by atoms with Crippen molar-refractivity contribution >= 4 is 46.4 Å². The van der Waals surface area contributed by atoms with Gasteiger partial charge in [0.25, 0.3) is 0 Å². The lowest BCUT2D eigenvalue weighted by molar-refractivity contribution is -0.125. The quantitative estimate of drug-likeness (QED) is 0.493. The zero-order valence-electron chi connectivity index (χ0n) is 16.0. The zero-order valence-corrected chi connectivity index (χ0v) is 17.5. The number of amides is 2. The van der Waals surface area contributed by atoms with Crippen LogP contribution >= 0.6 is 23.2 Å². The number of rotatable bonds is 5. The van der Waals surface area contributed by atoms with Crippen LogP contribution in [-0.4, -0.2) is 11.8 Å². The lowest BCUT2D eigenvalue weighted by atomic mass is 9.96. The molecule has 0 aliphatic rings. The van der Waals surface area contributed by atoms with Crippen LogP contribution in [0.2, 0.25) is 10.0 Å². The van der Waals surface area contributed by atoms with Crippen molar-refractivity contribution in [1.29, 1.82) is 0 Å². The van der Waals surface area contributed by atoms with E-state index in [4.69, 9.17) is 23.2 Å². The van der Waals surface area contributed by atoms with Gasteiger partial charge in [-0.3, -0.25) is 9.59 Å². The highest BCUT2D eigenvalue weighted by Gasteiger charge is 2.29. The van der Waals surface area contributed by atoms with Gasteiger partial charge in [0.15, 0.2) is 0 Å². The van der Waals surface area contributed by atoms with Crippen molar-refractivity contribution in [1.82, 2.24) is 0 Å². The van der Waals surface area contributed by atoms with E-state index in [2.05, 4.69) is 10.6 Å². The molecule has 0 heterocycles. The van der Waals surface area contributed by atoms with Crippen LogP contribution in [0.3, 0.4) is 0 Å². The number of carbonyl (C=O) groups excluding carboxylic acids is 2. The maximum atomic E-state index is 13.1. The van der Waals surface area contributed by atoms with Crippen LogP contribution in [0.25, 0.3) is 0 Å². The Morgan fingerprint density at radius 1 is 0.690 bits per heavy atom. The second kappa shape index (κ2) is 9.12. The Hall–Kier alpha value is -2.82. The first-order valence-electron chi connectivity index (χ1n) is 9.05. The number of anilines is 2. The van der Waals surface area contributed by atoms with Crippen LogP contribution < -0.4 is 10.6 Å². The summed E-state index contributed by atoms with van der Waals surface area (Å²) in [6.45, 7) is 3.62. The SMILES string of the molecule is Cc1c(Cl)cccc1NC(=O)C(C(=O)Nc1cccc(Cl)c1C)c1ccccc1. The van der Waals surface area contributed by atoms with Crippen LogP contribution in [-0.2, 0) is 9.59 Å². The number of halogens is 2. The van der Waals surface area contributed by atoms with Gasteiger partial charge in [0.2, 0.25) is 11.8 Å². The molecule has 0 atom stereocenters. The monoisotopic (exact) mass is 426 g/mol. The first-order chi connectivity index (χ1) is 13.9. The highest BCUT2D eigenvalue weighted by Crippen LogP contribution is 2.28. The Morgan fingerprint density at radius 3 is 1.59 bits per heavy atom. The third kappa shape index (κ3) is 4.78. The molecule has 148 valence electrons. The maximum Gasteiger partial charge on any atom is 0.241 e. The van der Waals surface area contributed by atoms with Crippen molar-refractivity contribution in [2.24, 2.45) is 0 Å². The van der Waals surface area contributed by atoms with Crippen LogP contribution in [0, 0.1) is 13.8 Å². The highest BCUT2D eigenvalue weighted by molar-refractivity contribution is 6.32. The molecule has 0 fully saturated rings. The Bertz CT molecular complexity index is 986. The van der Waals surface area contributed by atoms with Gasteiger partial charge < -0.3 is 10.6 Å². The van der Waals surface area contributed by atoms with E-state index in [-0.39, 0.29) is 0 Å². The number of hydrogen-bond acceptors (Lipinski definition) is 2. The molecule has 3 rings (SSSR count). The predicted octanol–water partition coefficient (Wildman–Crippen LogP) is 5.97. The van der Waals surface area contributed by atoms with Gasteiger partial charge in [-0.15, -0.1) is 0 Å². The second-order valence-electron chi connectivity index (χ2n) is 6.65. The lowest BCUT2D eigenvalue weighted by Crippen LogP contribution is -2.32. The van der Waals surface area contributed by atoms with E-state index in [0.717, 1.165) is 11.1 Å². The average molecular weight is 427 g/mol. The minimum absolute atomic E-state index is 0.446. The Balaban J connectivity index is 1.92. The number of nitrogens with one attached hydrogen (secondary N) is 2. The van der Waals surface area contributed by atoms with Gasteiger partial charge in [0, 0.05) is 21.4 Å². The Labute approximate surface area is 179 Å². The third-order valence-electron chi connectivity index (χ3n) is 4.71. The average Bonchev–Trinajstić information content (AvgIpc) is 2.70. The molecule has 0 aliphatic carbocycles. The smallest absolute Gasteiger partial charge is 0.241 e. The Kier molecular flexibility index (Phi) is 6.57. The van der Waals surface area contributed by atoms with Crippen molar-refractivity contribution in [2.45, 2.75) is 19.8 Å². The van der Waals surface area contributed by atoms with E-state index < -0.39 is 17.7 Å². The fraction of sp³-hybridized carbons (Fsp3) is 0.130. The number of benzene rings is 3. The largest absolute Gasteiger partial charge is 0.325 e. The van der Waals surface area contributed by atoms with Gasteiger partial charge in [-0.05, 0) is 54.8 Å². The molecule has 0 bridgehead atoms. The summed E-state index contributed by atoms with van der Waals surface area (Å²) >= 11 is 12.3. The standard InChI is InChI=1S/C23H20Cl2N2O2/c1-14-17(24)10-6-12-19(14)26-22(28)21(16-8-4-3-5-9-16)23(29)27-20-13-7-11-18(25)15(20)2/h3-13,21H,1-2H3,(H,26,28)(H,27,29). The molecule has 0 unspecified atom stereocenters. The minimum atomic E-state index is -1.05. The molecule has 0 aromatic heterocycles. The van der Waals surface area contributed by atoms with Crippen molar-refractivity contribution in [3.05, 3.63) is 93.5 Å².